The summed E-state index contributed by atoms with van der Waals surface area (Å²) in [7, 11) is 0. The number of hydrogen-bond donors (Lipinski definition) is 2. The summed E-state index contributed by atoms with van der Waals surface area (Å²) in [4.78, 5) is 12.1. The summed E-state index contributed by atoms with van der Waals surface area (Å²) < 4.78 is 0. The van der Waals surface area contributed by atoms with Crippen LogP contribution in [0.25, 0.3) is 0 Å². The molecule has 0 aromatic heterocycles. The van der Waals surface area contributed by atoms with Gasteiger partial charge in [-0.25, -0.2) is 0 Å². The molecule has 0 spiro atoms. The first-order valence-corrected chi connectivity index (χ1v) is 6.64. The van der Waals surface area contributed by atoms with Gasteiger partial charge in [-0.15, -0.1) is 0 Å². The molecule has 0 radical (unpaired) electrons. The molecule has 19 heavy (non-hydrogen) atoms. The lowest BCUT2D eigenvalue weighted by Crippen LogP contribution is -2.30. The lowest BCUT2D eigenvalue weighted by atomic mass is 10.0. The lowest BCUT2D eigenvalue weighted by molar-refractivity contribution is 0.0950. The topological polar surface area (TPSA) is 78.9 Å². The zero-order valence-electron chi connectivity index (χ0n) is 10.7. The van der Waals surface area contributed by atoms with Gasteiger partial charge in [0.1, 0.15) is 0 Å². The minimum absolute atomic E-state index is 0.106. The fraction of sp³-hybridized carbons (Fsp3) is 0.429. The predicted molar refractivity (Wildman–Crippen MR) is 74.8 cm³/mol. The smallest absolute Gasteiger partial charge is 0.253 e. The zero-order valence-corrected chi connectivity index (χ0v) is 11.5. The van der Waals surface area contributed by atoms with Crippen molar-refractivity contribution in [3.63, 3.8) is 0 Å². The maximum Gasteiger partial charge on any atom is 0.253 e. The van der Waals surface area contributed by atoms with E-state index >= 15 is 0 Å². The molecule has 1 aliphatic carbocycles. The summed E-state index contributed by atoms with van der Waals surface area (Å²) in [5, 5.41) is 12.3. The molecule has 1 fully saturated rings. The Morgan fingerprint density at radius 3 is 2.89 bits per heavy atom. The van der Waals surface area contributed by atoms with Gasteiger partial charge in [0.05, 0.1) is 17.6 Å². The maximum atomic E-state index is 12.1. The van der Waals surface area contributed by atoms with Crippen LogP contribution in [0.3, 0.4) is 0 Å². The Morgan fingerprint density at radius 2 is 2.32 bits per heavy atom. The third-order valence-corrected chi connectivity index (χ3v) is 3.65. The van der Waals surface area contributed by atoms with E-state index in [1.165, 1.54) is 0 Å². The van der Waals surface area contributed by atoms with E-state index in [0.717, 1.165) is 18.4 Å². The monoisotopic (exact) mass is 277 g/mol. The van der Waals surface area contributed by atoms with Crippen molar-refractivity contribution in [3.05, 3.63) is 28.3 Å². The van der Waals surface area contributed by atoms with Gasteiger partial charge in [-0.1, -0.05) is 11.6 Å². The number of carbonyl (C=O) groups is 1. The Labute approximate surface area is 117 Å². The number of amides is 1. The summed E-state index contributed by atoms with van der Waals surface area (Å²) in [6, 6.07) is 5.51. The first-order chi connectivity index (χ1) is 9.02. The molecule has 0 bridgehead atoms. The largest absolute Gasteiger partial charge is 0.398 e. The quantitative estimate of drug-likeness (QED) is 0.830. The summed E-state index contributed by atoms with van der Waals surface area (Å²) in [5.74, 6) is 0.0539. The highest BCUT2D eigenvalue weighted by Crippen LogP contribution is 2.36. The Kier molecular flexibility index (Phi) is 3.96. The van der Waals surface area contributed by atoms with Gasteiger partial charge < -0.3 is 11.1 Å². The van der Waals surface area contributed by atoms with Crippen LogP contribution in [0.15, 0.2) is 12.1 Å². The average molecular weight is 278 g/mol. The molecule has 0 heterocycles. The van der Waals surface area contributed by atoms with Crippen LogP contribution in [-0.2, 0) is 0 Å². The van der Waals surface area contributed by atoms with E-state index in [-0.39, 0.29) is 11.8 Å². The molecule has 3 N–H and O–H groups in total. The standard InChI is InChI=1S/C14H16ClN3O/c1-8-4-11(15)5-12(13(8)17)14(19)18-7-10(6-16)9-2-3-9/h4-5,9-10H,2-3,7,17H2,1H3,(H,18,19). The zero-order chi connectivity index (χ0) is 14.0. The number of nitrogens with one attached hydrogen (secondary N) is 1. The van der Waals surface area contributed by atoms with Crippen LogP contribution in [0.1, 0.15) is 28.8 Å². The number of anilines is 1. The van der Waals surface area contributed by atoms with Gasteiger partial charge in [-0.3, -0.25) is 4.79 Å². The molecule has 1 aromatic rings. The van der Waals surface area contributed by atoms with E-state index in [4.69, 9.17) is 22.6 Å². The second kappa shape index (κ2) is 5.50. The van der Waals surface area contributed by atoms with E-state index in [9.17, 15) is 4.79 Å². The van der Waals surface area contributed by atoms with Crippen LogP contribution >= 0.6 is 11.6 Å². The summed E-state index contributed by atoms with van der Waals surface area (Å²) in [6.07, 6.45) is 2.15. The number of nitrogen functional groups attached to an aromatic ring is 1. The van der Waals surface area contributed by atoms with Crippen molar-refractivity contribution in [3.8, 4) is 6.07 Å². The number of hydrogen-bond acceptors (Lipinski definition) is 3. The Bertz CT molecular complexity index is 546. The predicted octanol–water partition coefficient (Wildman–Crippen LogP) is 2.51. The fourth-order valence-electron chi connectivity index (χ4n) is 2.06. The first kappa shape index (κ1) is 13.7. The van der Waals surface area contributed by atoms with Crippen LogP contribution in [0.2, 0.25) is 5.02 Å². The van der Waals surface area contributed by atoms with Crippen LogP contribution in [0.4, 0.5) is 5.69 Å². The molecule has 100 valence electrons. The molecule has 2 rings (SSSR count). The van der Waals surface area contributed by atoms with E-state index in [2.05, 4.69) is 11.4 Å². The fourth-order valence-corrected chi connectivity index (χ4v) is 2.33. The van der Waals surface area contributed by atoms with E-state index < -0.39 is 0 Å². The molecule has 4 nitrogen and oxygen atoms in total. The SMILES string of the molecule is Cc1cc(Cl)cc(C(=O)NCC(C#N)C2CC2)c1N. The maximum absolute atomic E-state index is 12.1. The van der Waals surface area contributed by atoms with Crippen molar-refractivity contribution < 1.29 is 4.79 Å². The summed E-state index contributed by atoms with van der Waals surface area (Å²) in [5.41, 5.74) is 7.46. The second-order valence-electron chi connectivity index (χ2n) is 4.97. The highest BCUT2D eigenvalue weighted by Gasteiger charge is 2.31. The second-order valence-corrected chi connectivity index (χ2v) is 5.40. The molecule has 1 amide bonds. The Morgan fingerprint density at radius 1 is 1.63 bits per heavy atom. The highest BCUT2D eigenvalue weighted by atomic mass is 35.5. The lowest BCUT2D eigenvalue weighted by Gasteiger charge is -2.12. The van der Waals surface area contributed by atoms with Gasteiger partial charge >= 0.3 is 0 Å². The number of nitrogens with two attached hydrogens (primary N) is 1. The van der Waals surface area contributed by atoms with Crippen LogP contribution in [0, 0.1) is 30.1 Å². The average Bonchev–Trinajstić information content (AvgIpc) is 3.18. The first-order valence-electron chi connectivity index (χ1n) is 6.26. The molecular weight excluding hydrogens is 262 g/mol. The molecule has 1 aromatic carbocycles. The van der Waals surface area contributed by atoms with Gasteiger partial charge in [0.25, 0.3) is 5.91 Å². The van der Waals surface area contributed by atoms with Gasteiger partial charge in [0.2, 0.25) is 0 Å². The number of rotatable bonds is 4. The van der Waals surface area contributed by atoms with E-state index in [1.807, 2.05) is 0 Å². The van der Waals surface area contributed by atoms with Crippen molar-refractivity contribution in [2.24, 2.45) is 11.8 Å². The van der Waals surface area contributed by atoms with E-state index in [0.29, 0.717) is 28.7 Å². The van der Waals surface area contributed by atoms with Gasteiger partial charge in [0, 0.05) is 17.3 Å². The third-order valence-electron chi connectivity index (χ3n) is 3.44. The van der Waals surface area contributed by atoms with Crippen molar-refractivity contribution in [1.82, 2.24) is 5.32 Å². The molecule has 1 atom stereocenters. The van der Waals surface area contributed by atoms with Gasteiger partial charge in [-0.2, -0.15) is 5.26 Å². The van der Waals surface area contributed by atoms with Gasteiger partial charge in [-0.05, 0) is 43.4 Å². The van der Waals surface area contributed by atoms with Crippen LogP contribution in [0.5, 0.6) is 0 Å². The molecule has 1 saturated carbocycles. The molecule has 5 heteroatoms. The Balaban J connectivity index is 2.06. The van der Waals surface area contributed by atoms with Crippen molar-refractivity contribution >= 4 is 23.2 Å². The van der Waals surface area contributed by atoms with Crippen LogP contribution < -0.4 is 11.1 Å². The van der Waals surface area contributed by atoms with Crippen molar-refractivity contribution in [2.75, 3.05) is 12.3 Å². The van der Waals surface area contributed by atoms with E-state index in [1.54, 1.807) is 19.1 Å². The third kappa shape index (κ3) is 3.18. The molecule has 1 unspecified atom stereocenters. The number of nitriles is 1. The van der Waals surface area contributed by atoms with Crippen LogP contribution in [-0.4, -0.2) is 12.5 Å². The summed E-state index contributed by atoms with van der Waals surface area (Å²) >= 11 is 5.93. The van der Waals surface area contributed by atoms with Crippen molar-refractivity contribution in [2.45, 2.75) is 19.8 Å². The number of aryl methyl sites for hydroxylation is 1. The number of carbonyl (C=O) groups excluding carboxylic acids is 1. The normalized spacial score (nSPS) is 15.6. The molecule has 1 aliphatic rings. The van der Waals surface area contributed by atoms with Crippen molar-refractivity contribution in [1.29, 1.82) is 5.26 Å². The summed E-state index contributed by atoms with van der Waals surface area (Å²) in [6.45, 7) is 2.17. The minimum Gasteiger partial charge on any atom is -0.398 e. The number of benzene rings is 1. The Hall–Kier alpha value is -1.73. The highest BCUT2D eigenvalue weighted by molar-refractivity contribution is 6.31. The minimum atomic E-state index is -0.274. The number of nitrogens with zero attached hydrogens (tertiary/aromatic N) is 1. The van der Waals surface area contributed by atoms with Gasteiger partial charge in [0.15, 0.2) is 0 Å². The molecule has 0 saturated heterocycles. The molecule has 0 aliphatic heterocycles. The molecular formula is C14H16ClN3O. The number of halogens is 1.